The molecule has 1 N–H and O–H groups in total. The van der Waals surface area contributed by atoms with Gasteiger partial charge in [0.1, 0.15) is 5.76 Å². The molecule has 0 saturated carbocycles. The zero-order chi connectivity index (χ0) is 15.3. The Morgan fingerprint density at radius 2 is 1.90 bits per heavy atom. The molecule has 0 aliphatic carbocycles. The topological polar surface area (TPSA) is 49.8 Å². The smallest absolute Gasteiger partial charge is 0.303 e. The fraction of sp³-hybridized carbons (Fsp3) is 0.722. The van der Waals surface area contributed by atoms with Gasteiger partial charge in [-0.05, 0) is 38.2 Å². The molecule has 1 saturated heterocycles. The Morgan fingerprint density at radius 1 is 1.14 bits per heavy atom. The van der Waals surface area contributed by atoms with Gasteiger partial charge in [-0.3, -0.25) is 4.79 Å². The van der Waals surface area contributed by atoms with E-state index in [0.717, 1.165) is 31.4 Å². The summed E-state index contributed by atoms with van der Waals surface area (Å²) < 4.78 is 5.52. The first-order valence-corrected chi connectivity index (χ1v) is 8.49. The van der Waals surface area contributed by atoms with E-state index in [1.807, 2.05) is 0 Å². The van der Waals surface area contributed by atoms with Crippen LogP contribution in [-0.4, -0.2) is 17.2 Å². The van der Waals surface area contributed by atoms with E-state index in [-0.39, 0.29) is 0 Å². The minimum Gasteiger partial charge on any atom is -0.483 e. The van der Waals surface area contributed by atoms with E-state index in [2.05, 4.69) is 25.2 Å². The number of aliphatic carboxylic acids is 1. The summed E-state index contributed by atoms with van der Waals surface area (Å²) in [6, 6.07) is 0. The lowest BCUT2D eigenvalue weighted by molar-refractivity contribution is -0.137. The second kappa shape index (κ2) is 11.4. The summed E-state index contributed by atoms with van der Waals surface area (Å²) in [4.78, 5) is 10.3. The third kappa shape index (κ3) is 10.2. The number of carbonyl (C=O) groups is 1. The number of epoxide rings is 1. The van der Waals surface area contributed by atoms with Gasteiger partial charge in [0.15, 0.2) is 6.10 Å². The van der Waals surface area contributed by atoms with Gasteiger partial charge in [-0.15, -0.1) is 0 Å². The van der Waals surface area contributed by atoms with Gasteiger partial charge in [0, 0.05) is 6.42 Å². The maximum Gasteiger partial charge on any atom is 0.303 e. The van der Waals surface area contributed by atoms with Crippen molar-refractivity contribution in [1.29, 1.82) is 0 Å². The van der Waals surface area contributed by atoms with E-state index in [1.54, 1.807) is 0 Å². The lowest BCUT2D eigenvalue weighted by Gasteiger charge is -1.97. The van der Waals surface area contributed by atoms with Crippen molar-refractivity contribution in [2.75, 3.05) is 0 Å². The van der Waals surface area contributed by atoms with Crippen LogP contribution in [0.15, 0.2) is 24.0 Å². The summed E-state index contributed by atoms with van der Waals surface area (Å²) in [5, 5.41) is 8.52. The Balaban J connectivity index is 1.88. The zero-order valence-electron chi connectivity index (χ0n) is 13.4. The van der Waals surface area contributed by atoms with Gasteiger partial charge in [0.05, 0.1) is 0 Å². The van der Waals surface area contributed by atoms with Gasteiger partial charge in [-0.2, -0.15) is 0 Å². The summed E-state index contributed by atoms with van der Waals surface area (Å²) in [6.07, 6.45) is 18.6. The highest BCUT2D eigenvalue weighted by Crippen LogP contribution is 2.31. The van der Waals surface area contributed by atoms with E-state index in [0.29, 0.717) is 12.5 Å². The maximum atomic E-state index is 10.3. The Kier molecular flexibility index (Phi) is 9.68. The average Bonchev–Trinajstić information content (AvgIpc) is 3.19. The number of unbranched alkanes of at least 4 members (excludes halogenated alkanes) is 7. The predicted octanol–water partition coefficient (Wildman–Crippen LogP) is 5.22. The zero-order valence-corrected chi connectivity index (χ0v) is 13.4. The highest BCUT2D eigenvalue weighted by atomic mass is 16.6. The Bertz CT molecular complexity index is 344. The minimum absolute atomic E-state index is 0.312. The second-order valence-corrected chi connectivity index (χ2v) is 5.80. The number of ether oxygens (including phenoxy) is 1. The predicted molar refractivity (Wildman–Crippen MR) is 86.2 cm³/mol. The molecule has 0 aromatic carbocycles. The van der Waals surface area contributed by atoms with Gasteiger partial charge in [-0.25, -0.2) is 0 Å². The molecule has 0 aromatic heterocycles. The van der Waals surface area contributed by atoms with Crippen molar-refractivity contribution < 1.29 is 14.6 Å². The first kappa shape index (κ1) is 17.8. The van der Waals surface area contributed by atoms with Crippen molar-refractivity contribution in [3.05, 3.63) is 24.0 Å². The molecule has 0 amide bonds. The summed E-state index contributed by atoms with van der Waals surface area (Å²) >= 11 is 0. The standard InChI is InChI=1S/C18H30O3/c1-2-3-10-13-16-17(21-16)14-11-8-6-4-5-7-9-12-15-18(19)20/h8,11,14,16H,2-7,9-10,12-13,15H2,1H3,(H,19,20)/b11-8-,17-14?/t16-/m1/s1. The quantitative estimate of drug-likeness (QED) is 0.374. The lowest BCUT2D eigenvalue weighted by atomic mass is 10.1. The van der Waals surface area contributed by atoms with E-state index < -0.39 is 5.97 Å². The first-order valence-electron chi connectivity index (χ1n) is 8.49. The van der Waals surface area contributed by atoms with Gasteiger partial charge < -0.3 is 9.84 Å². The monoisotopic (exact) mass is 294 g/mol. The molecule has 3 heteroatoms. The lowest BCUT2D eigenvalue weighted by Crippen LogP contribution is -1.93. The summed E-state index contributed by atoms with van der Waals surface area (Å²) in [5.74, 6) is 0.470. The molecule has 1 aliphatic rings. The third-order valence-electron chi connectivity index (χ3n) is 3.77. The molecule has 1 heterocycles. The third-order valence-corrected chi connectivity index (χ3v) is 3.77. The molecule has 21 heavy (non-hydrogen) atoms. The van der Waals surface area contributed by atoms with Crippen LogP contribution in [0.4, 0.5) is 0 Å². The van der Waals surface area contributed by atoms with Crippen LogP contribution in [0.3, 0.4) is 0 Å². The Labute approximate surface area is 129 Å². The number of hydrogen-bond acceptors (Lipinski definition) is 2. The van der Waals surface area contributed by atoms with Gasteiger partial charge in [-0.1, -0.05) is 51.2 Å². The second-order valence-electron chi connectivity index (χ2n) is 5.80. The molecular formula is C18H30O3. The van der Waals surface area contributed by atoms with E-state index in [9.17, 15) is 4.79 Å². The molecule has 1 atom stereocenters. The summed E-state index contributed by atoms with van der Waals surface area (Å²) in [6.45, 7) is 2.22. The normalized spacial score (nSPS) is 19.1. The summed E-state index contributed by atoms with van der Waals surface area (Å²) in [7, 11) is 0. The fourth-order valence-electron chi connectivity index (χ4n) is 2.39. The van der Waals surface area contributed by atoms with Gasteiger partial charge in [0.2, 0.25) is 0 Å². The molecule has 0 spiro atoms. The van der Waals surface area contributed by atoms with Crippen molar-refractivity contribution in [1.82, 2.24) is 0 Å². The Hall–Kier alpha value is -1.25. The van der Waals surface area contributed by atoms with Crippen LogP contribution in [0.5, 0.6) is 0 Å². The van der Waals surface area contributed by atoms with E-state index in [4.69, 9.17) is 9.84 Å². The van der Waals surface area contributed by atoms with Crippen molar-refractivity contribution >= 4 is 5.97 Å². The minimum atomic E-state index is -0.679. The highest BCUT2D eigenvalue weighted by molar-refractivity contribution is 5.66. The SMILES string of the molecule is CCCCC[C@H]1OC1=C/C=C\CCCCCCCC(=O)O. The number of hydrogen-bond donors (Lipinski definition) is 1. The van der Waals surface area contributed by atoms with Gasteiger partial charge in [0.25, 0.3) is 0 Å². The molecule has 1 rings (SSSR count). The maximum absolute atomic E-state index is 10.3. The van der Waals surface area contributed by atoms with Crippen LogP contribution in [0.2, 0.25) is 0 Å². The molecule has 0 bridgehead atoms. The number of carboxylic acids is 1. The largest absolute Gasteiger partial charge is 0.483 e. The molecule has 3 nitrogen and oxygen atoms in total. The van der Waals surface area contributed by atoms with E-state index >= 15 is 0 Å². The molecular weight excluding hydrogens is 264 g/mol. The number of rotatable bonds is 13. The van der Waals surface area contributed by atoms with Crippen LogP contribution in [0.25, 0.3) is 0 Å². The van der Waals surface area contributed by atoms with Crippen LogP contribution in [0, 0.1) is 0 Å². The van der Waals surface area contributed by atoms with Crippen molar-refractivity contribution in [3.63, 3.8) is 0 Å². The van der Waals surface area contributed by atoms with Gasteiger partial charge >= 0.3 is 5.97 Å². The van der Waals surface area contributed by atoms with Crippen LogP contribution in [0.1, 0.15) is 77.6 Å². The van der Waals surface area contributed by atoms with Crippen LogP contribution < -0.4 is 0 Å². The Morgan fingerprint density at radius 3 is 2.67 bits per heavy atom. The van der Waals surface area contributed by atoms with Crippen LogP contribution >= 0.6 is 0 Å². The van der Waals surface area contributed by atoms with E-state index in [1.165, 1.54) is 38.5 Å². The van der Waals surface area contributed by atoms with Crippen molar-refractivity contribution in [2.45, 2.75) is 83.7 Å². The fourth-order valence-corrected chi connectivity index (χ4v) is 2.39. The van der Waals surface area contributed by atoms with Crippen molar-refractivity contribution in [2.24, 2.45) is 0 Å². The first-order chi connectivity index (χ1) is 10.2. The summed E-state index contributed by atoms with van der Waals surface area (Å²) in [5.41, 5.74) is 0. The average molecular weight is 294 g/mol. The number of carboxylic acid groups (broad SMARTS) is 1. The van der Waals surface area contributed by atoms with Crippen molar-refractivity contribution in [3.8, 4) is 0 Å². The molecule has 1 aliphatic heterocycles. The molecule has 120 valence electrons. The molecule has 0 unspecified atom stereocenters. The number of allylic oxidation sites excluding steroid dienone is 3. The van der Waals surface area contributed by atoms with Crippen LogP contribution in [-0.2, 0) is 9.53 Å². The highest BCUT2D eigenvalue weighted by Gasteiger charge is 2.30. The molecule has 0 aromatic rings. The molecule has 1 fully saturated rings. The molecule has 0 radical (unpaired) electrons.